The van der Waals surface area contributed by atoms with Gasteiger partial charge in [0.25, 0.3) is 0 Å². The van der Waals surface area contributed by atoms with Gasteiger partial charge in [0.15, 0.2) is 0 Å². The van der Waals surface area contributed by atoms with Crippen molar-refractivity contribution < 1.29 is 9.47 Å². The summed E-state index contributed by atoms with van der Waals surface area (Å²) < 4.78 is 11.0. The molecule has 0 aromatic rings. The zero-order chi connectivity index (χ0) is 9.64. The number of ether oxygens (including phenoxy) is 2. The predicted octanol–water partition coefficient (Wildman–Crippen LogP) is 2.71. The van der Waals surface area contributed by atoms with E-state index in [9.17, 15) is 0 Å². The van der Waals surface area contributed by atoms with Crippen molar-refractivity contribution >= 4 is 0 Å². The Bertz CT molecular complexity index is 276. The van der Waals surface area contributed by atoms with E-state index in [-0.39, 0.29) is 0 Å². The van der Waals surface area contributed by atoms with Crippen molar-refractivity contribution in [3.63, 3.8) is 0 Å². The Labute approximate surface area is 84.2 Å². The van der Waals surface area contributed by atoms with E-state index < -0.39 is 0 Å². The van der Waals surface area contributed by atoms with Crippen LogP contribution in [0.5, 0.6) is 0 Å². The maximum atomic E-state index is 5.49. The molecule has 2 aliphatic rings. The van der Waals surface area contributed by atoms with Crippen LogP contribution in [0.15, 0.2) is 48.0 Å². The minimum atomic E-state index is 0.630. The Morgan fingerprint density at radius 3 is 1.71 bits per heavy atom. The van der Waals surface area contributed by atoms with Crippen molar-refractivity contribution in [2.45, 2.75) is 12.8 Å². The van der Waals surface area contributed by atoms with Crippen molar-refractivity contribution in [1.29, 1.82) is 0 Å². The first-order valence-electron chi connectivity index (χ1n) is 4.92. The maximum Gasteiger partial charge on any atom is 0.122 e. The van der Waals surface area contributed by atoms with E-state index in [1.807, 2.05) is 24.3 Å². The monoisotopic (exact) mass is 190 g/mol. The van der Waals surface area contributed by atoms with Gasteiger partial charge in [-0.05, 0) is 12.2 Å². The van der Waals surface area contributed by atoms with Crippen molar-refractivity contribution in [2.24, 2.45) is 0 Å². The topological polar surface area (TPSA) is 18.5 Å². The summed E-state index contributed by atoms with van der Waals surface area (Å²) in [7, 11) is 0. The minimum Gasteiger partial charge on any atom is -0.494 e. The van der Waals surface area contributed by atoms with Crippen LogP contribution in [-0.4, -0.2) is 13.2 Å². The van der Waals surface area contributed by atoms with Gasteiger partial charge in [0, 0.05) is 12.8 Å². The molecule has 2 rings (SSSR count). The highest BCUT2D eigenvalue weighted by Crippen LogP contribution is 2.13. The summed E-state index contributed by atoms with van der Waals surface area (Å²) in [5.41, 5.74) is 0. The van der Waals surface area contributed by atoms with Gasteiger partial charge in [0.1, 0.15) is 13.2 Å². The smallest absolute Gasteiger partial charge is 0.122 e. The summed E-state index contributed by atoms with van der Waals surface area (Å²) in [6.07, 6.45) is 14.0. The molecule has 2 heteroatoms. The molecule has 0 bridgehead atoms. The van der Waals surface area contributed by atoms with E-state index in [2.05, 4.69) is 12.2 Å². The van der Waals surface area contributed by atoms with Gasteiger partial charge in [-0.15, -0.1) is 0 Å². The summed E-state index contributed by atoms with van der Waals surface area (Å²) in [6, 6.07) is 0. The van der Waals surface area contributed by atoms with E-state index in [0.29, 0.717) is 13.2 Å². The van der Waals surface area contributed by atoms with Crippen LogP contribution >= 0.6 is 0 Å². The molecule has 0 heterocycles. The molecular weight excluding hydrogens is 176 g/mol. The van der Waals surface area contributed by atoms with E-state index in [4.69, 9.17) is 9.47 Å². The lowest BCUT2D eigenvalue weighted by Gasteiger charge is -2.08. The lowest BCUT2D eigenvalue weighted by molar-refractivity contribution is 0.115. The molecule has 0 fully saturated rings. The highest BCUT2D eigenvalue weighted by molar-refractivity contribution is 5.19. The molecule has 0 spiro atoms. The molecular formula is C12H14O2. The lowest BCUT2D eigenvalue weighted by Crippen LogP contribution is -2.02. The van der Waals surface area contributed by atoms with Crippen LogP contribution in [0, 0.1) is 0 Å². The molecule has 14 heavy (non-hydrogen) atoms. The average molecular weight is 190 g/mol. The van der Waals surface area contributed by atoms with Crippen LogP contribution in [0.2, 0.25) is 0 Å². The summed E-state index contributed by atoms with van der Waals surface area (Å²) in [5.74, 6) is 2.07. The third kappa shape index (κ3) is 2.52. The minimum absolute atomic E-state index is 0.630. The third-order valence-corrected chi connectivity index (χ3v) is 2.13. The first-order chi connectivity index (χ1) is 6.95. The first kappa shape index (κ1) is 9.13. The van der Waals surface area contributed by atoms with Crippen LogP contribution in [0.25, 0.3) is 0 Å². The van der Waals surface area contributed by atoms with Gasteiger partial charge in [-0.2, -0.15) is 0 Å². The Balaban J connectivity index is 1.55. The summed E-state index contributed by atoms with van der Waals surface area (Å²) in [4.78, 5) is 0. The normalized spacial score (nSPS) is 18.3. The number of allylic oxidation sites excluding steroid dienone is 6. The molecule has 0 saturated carbocycles. The Hall–Kier alpha value is -1.44. The predicted molar refractivity (Wildman–Crippen MR) is 55.6 cm³/mol. The molecule has 2 aliphatic carbocycles. The van der Waals surface area contributed by atoms with Gasteiger partial charge >= 0.3 is 0 Å². The standard InChI is InChI=1S/C12H14O2/c1-2-6-11(5-1)13-9-10-14-12-7-3-4-8-12/h1-5,7H,6,8-10H2. The second kappa shape index (κ2) is 4.70. The molecule has 0 aromatic heterocycles. The quantitative estimate of drug-likeness (QED) is 0.620. The van der Waals surface area contributed by atoms with Crippen LogP contribution in [-0.2, 0) is 9.47 Å². The molecule has 0 aliphatic heterocycles. The fourth-order valence-electron chi connectivity index (χ4n) is 1.41. The zero-order valence-electron chi connectivity index (χ0n) is 8.11. The van der Waals surface area contributed by atoms with Crippen LogP contribution in [0.1, 0.15) is 12.8 Å². The second-order valence-electron chi connectivity index (χ2n) is 3.23. The second-order valence-corrected chi connectivity index (χ2v) is 3.23. The fourth-order valence-corrected chi connectivity index (χ4v) is 1.41. The largest absolute Gasteiger partial charge is 0.494 e. The molecule has 0 aromatic carbocycles. The molecule has 2 nitrogen and oxygen atoms in total. The zero-order valence-corrected chi connectivity index (χ0v) is 8.11. The molecule has 0 atom stereocenters. The SMILES string of the molecule is C1=CCC(OCCOC2=CC=CC2)=C1. The van der Waals surface area contributed by atoms with Gasteiger partial charge in [-0.1, -0.05) is 24.3 Å². The van der Waals surface area contributed by atoms with Crippen molar-refractivity contribution in [1.82, 2.24) is 0 Å². The van der Waals surface area contributed by atoms with Crippen molar-refractivity contribution in [2.75, 3.05) is 13.2 Å². The summed E-state index contributed by atoms with van der Waals surface area (Å²) in [5, 5.41) is 0. The van der Waals surface area contributed by atoms with Gasteiger partial charge in [-0.25, -0.2) is 0 Å². The highest BCUT2D eigenvalue weighted by atomic mass is 16.5. The number of hydrogen-bond donors (Lipinski definition) is 0. The lowest BCUT2D eigenvalue weighted by atomic mass is 10.4. The van der Waals surface area contributed by atoms with Crippen molar-refractivity contribution in [3.05, 3.63) is 48.0 Å². The number of hydrogen-bond acceptors (Lipinski definition) is 2. The summed E-state index contributed by atoms with van der Waals surface area (Å²) in [6.45, 7) is 1.26. The molecule has 0 radical (unpaired) electrons. The van der Waals surface area contributed by atoms with E-state index in [0.717, 1.165) is 24.4 Å². The number of rotatable bonds is 5. The Morgan fingerprint density at radius 2 is 1.36 bits per heavy atom. The van der Waals surface area contributed by atoms with Crippen LogP contribution < -0.4 is 0 Å². The van der Waals surface area contributed by atoms with Gasteiger partial charge in [0.2, 0.25) is 0 Å². The summed E-state index contributed by atoms with van der Waals surface area (Å²) >= 11 is 0. The first-order valence-corrected chi connectivity index (χ1v) is 4.92. The molecule has 0 amide bonds. The molecule has 0 saturated heterocycles. The van der Waals surface area contributed by atoms with Gasteiger partial charge in [-0.3, -0.25) is 0 Å². The van der Waals surface area contributed by atoms with E-state index >= 15 is 0 Å². The van der Waals surface area contributed by atoms with Gasteiger partial charge < -0.3 is 9.47 Å². The Kier molecular flexibility index (Phi) is 3.06. The van der Waals surface area contributed by atoms with E-state index in [1.165, 1.54) is 0 Å². The maximum absolute atomic E-state index is 5.49. The fraction of sp³-hybridized carbons (Fsp3) is 0.333. The molecule has 0 N–H and O–H groups in total. The Morgan fingerprint density at radius 1 is 0.857 bits per heavy atom. The highest BCUT2D eigenvalue weighted by Gasteiger charge is 2.02. The average Bonchev–Trinajstić information content (AvgIpc) is 2.86. The molecule has 74 valence electrons. The third-order valence-electron chi connectivity index (χ3n) is 2.13. The van der Waals surface area contributed by atoms with Crippen molar-refractivity contribution in [3.8, 4) is 0 Å². The van der Waals surface area contributed by atoms with Crippen LogP contribution in [0.4, 0.5) is 0 Å². The van der Waals surface area contributed by atoms with Crippen LogP contribution in [0.3, 0.4) is 0 Å². The van der Waals surface area contributed by atoms with E-state index in [1.54, 1.807) is 0 Å². The van der Waals surface area contributed by atoms with Gasteiger partial charge in [0.05, 0.1) is 11.5 Å². The molecule has 0 unspecified atom stereocenters.